The van der Waals surface area contributed by atoms with Crippen molar-refractivity contribution in [3.05, 3.63) is 0 Å². The molecule has 0 aromatic rings. The summed E-state index contributed by atoms with van der Waals surface area (Å²) in [7, 11) is 0. The van der Waals surface area contributed by atoms with Crippen molar-refractivity contribution in [2.45, 2.75) is 57.6 Å². The zero-order valence-corrected chi connectivity index (χ0v) is 11.6. The molecule has 5 fully saturated rings. The first kappa shape index (κ1) is 12.6. The highest BCUT2D eigenvalue weighted by Crippen LogP contribution is 2.60. The maximum atomic E-state index is 12.6. The summed E-state index contributed by atoms with van der Waals surface area (Å²) >= 11 is 0. The van der Waals surface area contributed by atoms with Crippen LogP contribution < -0.4 is 0 Å². The standard InChI is InChI=1S/C15H21NO4/c17-12-1-2-13(18)16(12)20-14(19)15-6-9-3-10(7-15)5-11(4-9)8-15/h9-12,17H,1-8H2. The van der Waals surface area contributed by atoms with Crippen LogP contribution in [0.4, 0.5) is 0 Å². The van der Waals surface area contributed by atoms with Crippen LogP contribution in [0.1, 0.15) is 51.4 Å². The molecule has 1 atom stereocenters. The van der Waals surface area contributed by atoms with Gasteiger partial charge in [-0.15, -0.1) is 5.06 Å². The molecule has 5 heteroatoms. The van der Waals surface area contributed by atoms with Gasteiger partial charge in [0.15, 0.2) is 6.23 Å². The lowest BCUT2D eigenvalue weighted by Gasteiger charge is -2.55. The minimum absolute atomic E-state index is 0.259. The van der Waals surface area contributed by atoms with Crippen molar-refractivity contribution in [2.24, 2.45) is 23.2 Å². The van der Waals surface area contributed by atoms with Crippen molar-refractivity contribution < 1.29 is 19.5 Å². The average molecular weight is 279 g/mol. The molecule has 0 aromatic heterocycles. The minimum Gasteiger partial charge on any atom is -0.370 e. The van der Waals surface area contributed by atoms with Crippen LogP contribution in [-0.2, 0) is 14.4 Å². The SMILES string of the molecule is O=C1CCC(O)N1OC(=O)C12CC3CC(CC(C3)C1)C2. The molecule has 4 bridgehead atoms. The first-order valence-electron chi connectivity index (χ1n) is 7.78. The van der Waals surface area contributed by atoms with Gasteiger partial charge in [0, 0.05) is 12.8 Å². The molecule has 4 aliphatic carbocycles. The predicted octanol–water partition coefficient (Wildman–Crippen LogP) is 1.60. The quantitative estimate of drug-likeness (QED) is 0.833. The molecule has 110 valence electrons. The molecule has 1 saturated heterocycles. The Labute approximate surface area is 118 Å². The zero-order valence-electron chi connectivity index (χ0n) is 11.6. The van der Waals surface area contributed by atoms with Gasteiger partial charge in [0.05, 0.1) is 5.41 Å². The second kappa shape index (κ2) is 4.20. The third-order valence-electron chi connectivity index (χ3n) is 5.79. The summed E-state index contributed by atoms with van der Waals surface area (Å²) < 4.78 is 0. The van der Waals surface area contributed by atoms with E-state index < -0.39 is 6.23 Å². The van der Waals surface area contributed by atoms with E-state index >= 15 is 0 Å². The van der Waals surface area contributed by atoms with Gasteiger partial charge in [-0.05, 0) is 56.3 Å². The number of carbonyl (C=O) groups is 2. The summed E-state index contributed by atoms with van der Waals surface area (Å²) in [5.41, 5.74) is -0.378. The van der Waals surface area contributed by atoms with Crippen LogP contribution in [-0.4, -0.2) is 28.3 Å². The van der Waals surface area contributed by atoms with Crippen molar-refractivity contribution in [2.75, 3.05) is 0 Å². The van der Waals surface area contributed by atoms with E-state index in [-0.39, 0.29) is 23.7 Å². The minimum atomic E-state index is -0.958. The molecule has 0 aromatic carbocycles. The Morgan fingerprint density at radius 3 is 2.15 bits per heavy atom. The largest absolute Gasteiger partial charge is 0.370 e. The molecule has 0 radical (unpaired) electrons. The lowest BCUT2D eigenvalue weighted by atomic mass is 9.49. The van der Waals surface area contributed by atoms with Crippen LogP contribution in [0.25, 0.3) is 0 Å². The van der Waals surface area contributed by atoms with Crippen molar-refractivity contribution in [3.63, 3.8) is 0 Å². The Morgan fingerprint density at radius 1 is 1.15 bits per heavy atom. The van der Waals surface area contributed by atoms with Crippen LogP contribution in [0.3, 0.4) is 0 Å². The van der Waals surface area contributed by atoms with Crippen molar-refractivity contribution >= 4 is 11.9 Å². The molecule has 1 heterocycles. The van der Waals surface area contributed by atoms with Crippen LogP contribution in [0.2, 0.25) is 0 Å². The fourth-order valence-electron chi connectivity index (χ4n) is 5.30. The number of aliphatic hydroxyl groups excluding tert-OH is 1. The number of nitrogens with zero attached hydrogens (tertiary/aromatic N) is 1. The molecular weight excluding hydrogens is 258 g/mol. The highest BCUT2D eigenvalue weighted by molar-refractivity contribution is 5.82. The number of hydrogen-bond donors (Lipinski definition) is 1. The monoisotopic (exact) mass is 279 g/mol. The first-order chi connectivity index (χ1) is 9.56. The smallest absolute Gasteiger partial charge is 0.338 e. The highest BCUT2D eigenvalue weighted by atomic mass is 16.7. The van der Waals surface area contributed by atoms with E-state index in [2.05, 4.69) is 0 Å². The molecule has 4 saturated carbocycles. The molecule has 1 unspecified atom stereocenters. The normalized spacial score (nSPS) is 46.0. The first-order valence-corrected chi connectivity index (χ1v) is 7.78. The van der Waals surface area contributed by atoms with Gasteiger partial charge in [0.2, 0.25) is 0 Å². The summed E-state index contributed by atoms with van der Waals surface area (Å²) in [5, 5.41) is 10.6. The van der Waals surface area contributed by atoms with Crippen molar-refractivity contribution in [3.8, 4) is 0 Å². The molecule has 5 aliphatic rings. The molecule has 1 N–H and O–H groups in total. The topological polar surface area (TPSA) is 66.8 Å². The Hall–Kier alpha value is -1.10. The summed E-state index contributed by atoms with van der Waals surface area (Å²) in [6.07, 6.45) is 6.18. The highest BCUT2D eigenvalue weighted by Gasteiger charge is 2.56. The maximum absolute atomic E-state index is 12.6. The third kappa shape index (κ3) is 1.79. The number of aliphatic hydroxyl groups is 1. The number of amides is 1. The lowest BCUT2D eigenvalue weighted by molar-refractivity contribution is -0.236. The van der Waals surface area contributed by atoms with Gasteiger partial charge in [0.1, 0.15) is 0 Å². The Balaban J connectivity index is 1.52. The van der Waals surface area contributed by atoms with Crippen molar-refractivity contribution in [1.29, 1.82) is 0 Å². The van der Waals surface area contributed by atoms with Gasteiger partial charge in [-0.2, -0.15) is 0 Å². The van der Waals surface area contributed by atoms with Gasteiger partial charge in [-0.25, -0.2) is 4.79 Å². The molecule has 1 amide bonds. The van der Waals surface area contributed by atoms with E-state index in [1.807, 2.05) is 0 Å². The van der Waals surface area contributed by atoms with Crippen LogP contribution in [0.5, 0.6) is 0 Å². The Kier molecular flexibility index (Phi) is 2.65. The number of hydroxylamine groups is 2. The molecule has 5 rings (SSSR count). The number of hydrogen-bond acceptors (Lipinski definition) is 4. The van der Waals surface area contributed by atoms with Gasteiger partial charge < -0.3 is 9.94 Å². The molecular formula is C15H21NO4. The van der Waals surface area contributed by atoms with E-state index in [1.165, 1.54) is 19.3 Å². The Morgan fingerprint density at radius 2 is 1.70 bits per heavy atom. The van der Waals surface area contributed by atoms with Crippen LogP contribution >= 0.6 is 0 Å². The molecule has 0 spiro atoms. The summed E-state index contributed by atoms with van der Waals surface area (Å²) in [6.45, 7) is 0. The van der Waals surface area contributed by atoms with Crippen molar-refractivity contribution in [1.82, 2.24) is 5.06 Å². The summed E-state index contributed by atoms with van der Waals surface area (Å²) in [6, 6.07) is 0. The fourth-order valence-corrected chi connectivity index (χ4v) is 5.30. The van der Waals surface area contributed by atoms with Gasteiger partial charge in [-0.1, -0.05) is 0 Å². The van der Waals surface area contributed by atoms with E-state index in [9.17, 15) is 14.7 Å². The van der Waals surface area contributed by atoms with Crippen LogP contribution in [0, 0.1) is 23.2 Å². The average Bonchev–Trinajstić information content (AvgIpc) is 2.69. The zero-order chi connectivity index (χ0) is 13.9. The summed E-state index contributed by atoms with van der Waals surface area (Å²) in [4.78, 5) is 29.6. The third-order valence-corrected chi connectivity index (χ3v) is 5.79. The number of rotatable bonds is 2. The maximum Gasteiger partial charge on any atom is 0.338 e. The number of carbonyl (C=O) groups excluding carboxylic acids is 2. The van der Waals surface area contributed by atoms with E-state index in [0.29, 0.717) is 24.2 Å². The molecule has 5 nitrogen and oxygen atoms in total. The van der Waals surface area contributed by atoms with E-state index in [4.69, 9.17) is 4.84 Å². The van der Waals surface area contributed by atoms with Gasteiger partial charge in [0.25, 0.3) is 5.91 Å². The van der Waals surface area contributed by atoms with Gasteiger partial charge in [-0.3, -0.25) is 4.79 Å². The fraction of sp³-hybridized carbons (Fsp3) is 0.867. The molecule has 1 aliphatic heterocycles. The summed E-state index contributed by atoms with van der Waals surface area (Å²) in [5.74, 6) is 1.43. The Bertz CT molecular complexity index is 426. The predicted molar refractivity (Wildman–Crippen MR) is 68.8 cm³/mol. The van der Waals surface area contributed by atoms with E-state index in [1.54, 1.807) is 0 Å². The lowest BCUT2D eigenvalue weighted by Crippen LogP contribution is -2.52. The van der Waals surface area contributed by atoms with E-state index in [0.717, 1.165) is 24.3 Å². The van der Waals surface area contributed by atoms with Crippen LogP contribution in [0.15, 0.2) is 0 Å². The van der Waals surface area contributed by atoms with Gasteiger partial charge >= 0.3 is 5.97 Å². The second-order valence-electron chi connectivity index (χ2n) is 7.32. The second-order valence-corrected chi connectivity index (χ2v) is 7.32. The molecule has 20 heavy (non-hydrogen) atoms.